The van der Waals surface area contributed by atoms with Crippen molar-refractivity contribution in [2.75, 3.05) is 41.0 Å². The van der Waals surface area contributed by atoms with Crippen molar-refractivity contribution in [2.24, 2.45) is 5.73 Å². The van der Waals surface area contributed by atoms with Crippen LogP contribution < -0.4 is 25.3 Å². The third kappa shape index (κ3) is 6.96. The van der Waals surface area contributed by atoms with E-state index in [2.05, 4.69) is 5.32 Å². The number of hydrogen-bond donors (Lipinski definition) is 2. The molecule has 1 aliphatic heterocycles. The van der Waals surface area contributed by atoms with E-state index in [9.17, 15) is 14.4 Å². The average Bonchev–Trinajstić information content (AvgIpc) is 3.47. The highest BCUT2D eigenvalue weighted by molar-refractivity contribution is 5.99. The van der Waals surface area contributed by atoms with E-state index < -0.39 is 12.1 Å². The lowest BCUT2D eigenvalue weighted by Gasteiger charge is -2.29. The molecule has 3 amide bonds. The van der Waals surface area contributed by atoms with Crippen LogP contribution >= 0.6 is 0 Å². The maximum absolute atomic E-state index is 14.0. The summed E-state index contributed by atoms with van der Waals surface area (Å²) in [4.78, 5) is 44.3. The van der Waals surface area contributed by atoms with Crippen molar-refractivity contribution in [2.45, 2.75) is 25.0 Å². The smallest absolute Gasteiger partial charge is 0.254 e. The van der Waals surface area contributed by atoms with E-state index in [0.29, 0.717) is 28.4 Å². The Kier molecular flexibility index (Phi) is 9.81. The van der Waals surface area contributed by atoms with Gasteiger partial charge in [0, 0.05) is 37.3 Å². The summed E-state index contributed by atoms with van der Waals surface area (Å²) in [6, 6.07) is 19.9. The van der Waals surface area contributed by atoms with Crippen LogP contribution in [0.3, 0.4) is 0 Å². The van der Waals surface area contributed by atoms with Gasteiger partial charge in [-0.15, -0.1) is 0 Å². The minimum Gasteiger partial charge on any atom is -0.497 e. The number of nitrogens with two attached hydrogens (primary N) is 1. The zero-order valence-corrected chi connectivity index (χ0v) is 23.5. The number of methoxy groups -OCH3 is 3. The Bertz CT molecular complexity index is 1360. The number of amides is 3. The van der Waals surface area contributed by atoms with Crippen molar-refractivity contribution in [1.29, 1.82) is 0 Å². The zero-order valence-electron chi connectivity index (χ0n) is 23.5. The second kappa shape index (κ2) is 13.7. The predicted molar refractivity (Wildman–Crippen MR) is 154 cm³/mol. The highest BCUT2D eigenvalue weighted by Crippen LogP contribution is 2.29. The Morgan fingerprint density at radius 3 is 2.20 bits per heavy atom. The molecular formula is C31H36N4O6. The molecule has 41 heavy (non-hydrogen) atoms. The molecule has 0 spiro atoms. The van der Waals surface area contributed by atoms with Gasteiger partial charge in [0.15, 0.2) is 0 Å². The van der Waals surface area contributed by atoms with Crippen molar-refractivity contribution >= 4 is 17.7 Å². The van der Waals surface area contributed by atoms with Crippen LogP contribution in [0.25, 0.3) is 0 Å². The first-order valence-electron chi connectivity index (χ1n) is 13.4. The van der Waals surface area contributed by atoms with Crippen molar-refractivity contribution in [1.82, 2.24) is 15.1 Å². The number of nitrogens with one attached hydrogen (secondary N) is 1. The van der Waals surface area contributed by atoms with Gasteiger partial charge < -0.3 is 35.1 Å². The standard InChI is InChI=1S/C31H36N4O6/c1-39-25-12-10-22(11-13-25)30(37)34(19-21-6-4-8-26(16-21)40-2)24-18-28(29(36)33-15-14-32)35(20-24)31(38)23-7-5-9-27(17-23)41-3/h4-13,16-17,24,28H,14-15,18-20,32H2,1-3H3,(H,33,36). The van der Waals surface area contributed by atoms with Crippen molar-refractivity contribution in [3.05, 3.63) is 89.5 Å². The van der Waals surface area contributed by atoms with Crippen LogP contribution in [0.4, 0.5) is 0 Å². The number of ether oxygens (including phenoxy) is 3. The van der Waals surface area contributed by atoms with Crippen LogP contribution in [-0.2, 0) is 11.3 Å². The molecule has 10 nitrogen and oxygen atoms in total. The Hall–Kier alpha value is -4.57. The summed E-state index contributed by atoms with van der Waals surface area (Å²) < 4.78 is 15.9. The summed E-state index contributed by atoms with van der Waals surface area (Å²) in [6.07, 6.45) is 0.262. The van der Waals surface area contributed by atoms with E-state index in [0.717, 1.165) is 5.56 Å². The van der Waals surface area contributed by atoms with Gasteiger partial charge in [-0.25, -0.2) is 0 Å². The number of rotatable bonds is 11. The van der Waals surface area contributed by atoms with Gasteiger partial charge in [0.1, 0.15) is 23.3 Å². The van der Waals surface area contributed by atoms with E-state index in [1.807, 2.05) is 24.3 Å². The molecule has 4 rings (SSSR count). The molecule has 1 saturated heterocycles. The molecule has 3 aromatic rings. The second-order valence-corrected chi connectivity index (χ2v) is 9.69. The number of nitrogens with zero attached hydrogens (tertiary/aromatic N) is 2. The molecule has 1 fully saturated rings. The monoisotopic (exact) mass is 560 g/mol. The normalized spacial score (nSPS) is 16.1. The number of carbonyl (C=O) groups excluding carboxylic acids is 3. The molecule has 0 saturated carbocycles. The number of hydrogen-bond acceptors (Lipinski definition) is 7. The summed E-state index contributed by atoms with van der Waals surface area (Å²) in [5.74, 6) is 0.973. The SMILES string of the molecule is COc1ccc(C(=O)N(Cc2cccc(OC)c2)C2CC(C(=O)NCCN)N(C(=O)c3cccc(OC)c3)C2)cc1. The highest BCUT2D eigenvalue weighted by Gasteiger charge is 2.43. The fourth-order valence-corrected chi connectivity index (χ4v) is 4.98. The van der Waals surface area contributed by atoms with Gasteiger partial charge >= 0.3 is 0 Å². The van der Waals surface area contributed by atoms with Crippen molar-refractivity contribution < 1.29 is 28.6 Å². The third-order valence-electron chi connectivity index (χ3n) is 7.13. The largest absolute Gasteiger partial charge is 0.497 e. The van der Waals surface area contributed by atoms with Gasteiger partial charge in [-0.05, 0) is 66.6 Å². The van der Waals surface area contributed by atoms with Gasteiger partial charge in [-0.2, -0.15) is 0 Å². The lowest BCUT2D eigenvalue weighted by atomic mass is 10.1. The number of benzene rings is 3. The van der Waals surface area contributed by atoms with Crippen LogP contribution in [0.2, 0.25) is 0 Å². The minimum atomic E-state index is -0.790. The van der Waals surface area contributed by atoms with Gasteiger partial charge in [-0.1, -0.05) is 18.2 Å². The Morgan fingerprint density at radius 1 is 0.878 bits per heavy atom. The molecule has 10 heteroatoms. The highest BCUT2D eigenvalue weighted by atomic mass is 16.5. The fourth-order valence-electron chi connectivity index (χ4n) is 4.98. The van der Waals surface area contributed by atoms with Crippen LogP contribution in [-0.4, -0.2) is 80.6 Å². The van der Waals surface area contributed by atoms with Gasteiger partial charge in [0.2, 0.25) is 5.91 Å². The van der Waals surface area contributed by atoms with E-state index in [-0.39, 0.29) is 50.3 Å². The third-order valence-corrected chi connectivity index (χ3v) is 7.13. The van der Waals surface area contributed by atoms with E-state index in [4.69, 9.17) is 19.9 Å². The first kappa shape index (κ1) is 29.4. The molecule has 0 radical (unpaired) electrons. The summed E-state index contributed by atoms with van der Waals surface area (Å²) in [5, 5.41) is 2.81. The van der Waals surface area contributed by atoms with Crippen LogP contribution in [0.15, 0.2) is 72.8 Å². The Morgan fingerprint density at radius 2 is 1.54 bits per heavy atom. The molecule has 3 aromatic carbocycles. The lowest BCUT2D eigenvalue weighted by molar-refractivity contribution is -0.124. The van der Waals surface area contributed by atoms with Gasteiger partial charge in [0.25, 0.3) is 11.8 Å². The molecule has 0 aliphatic carbocycles. The van der Waals surface area contributed by atoms with Crippen molar-refractivity contribution in [3.8, 4) is 17.2 Å². The average molecular weight is 561 g/mol. The lowest BCUT2D eigenvalue weighted by Crippen LogP contribution is -2.47. The predicted octanol–water partition coefficient (Wildman–Crippen LogP) is 2.71. The first-order chi connectivity index (χ1) is 19.9. The fraction of sp³-hybridized carbons (Fsp3) is 0.323. The quantitative estimate of drug-likeness (QED) is 0.370. The summed E-state index contributed by atoms with van der Waals surface area (Å²) in [7, 11) is 4.68. The minimum absolute atomic E-state index is 0.169. The van der Waals surface area contributed by atoms with Crippen LogP contribution in [0, 0.1) is 0 Å². The van der Waals surface area contributed by atoms with Crippen LogP contribution in [0.5, 0.6) is 17.2 Å². The Balaban J connectivity index is 1.70. The van der Waals surface area contributed by atoms with Crippen molar-refractivity contribution in [3.63, 3.8) is 0 Å². The molecule has 0 aromatic heterocycles. The topological polar surface area (TPSA) is 123 Å². The molecule has 0 bridgehead atoms. The Labute approximate surface area is 240 Å². The zero-order chi connectivity index (χ0) is 29.4. The van der Waals surface area contributed by atoms with Crippen LogP contribution in [0.1, 0.15) is 32.7 Å². The number of likely N-dealkylation sites (tertiary alicyclic amines) is 1. The van der Waals surface area contributed by atoms with E-state index in [1.165, 1.54) is 12.0 Å². The molecule has 2 unspecified atom stereocenters. The van der Waals surface area contributed by atoms with Gasteiger partial charge in [0.05, 0.1) is 27.4 Å². The van der Waals surface area contributed by atoms with Gasteiger partial charge in [-0.3, -0.25) is 14.4 Å². The molecular weight excluding hydrogens is 524 g/mol. The number of carbonyl (C=O) groups is 3. The first-order valence-corrected chi connectivity index (χ1v) is 13.4. The maximum Gasteiger partial charge on any atom is 0.254 e. The summed E-state index contributed by atoms with van der Waals surface area (Å²) >= 11 is 0. The molecule has 1 heterocycles. The molecule has 3 N–H and O–H groups in total. The van der Waals surface area contributed by atoms with E-state index >= 15 is 0 Å². The van der Waals surface area contributed by atoms with E-state index in [1.54, 1.807) is 67.7 Å². The molecule has 216 valence electrons. The molecule has 1 aliphatic rings. The maximum atomic E-state index is 14.0. The summed E-state index contributed by atoms with van der Waals surface area (Å²) in [6.45, 7) is 0.969. The molecule has 2 atom stereocenters. The summed E-state index contributed by atoms with van der Waals surface area (Å²) in [5.41, 5.74) is 7.34. The second-order valence-electron chi connectivity index (χ2n) is 9.69.